The number of hydrogen-bond donors (Lipinski definition) is 2. The number of aromatic nitrogens is 2. The summed E-state index contributed by atoms with van der Waals surface area (Å²) < 4.78 is 0. The summed E-state index contributed by atoms with van der Waals surface area (Å²) in [6, 6.07) is 3.51. The summed E-state index contributed by atoms with van der Waals surface area (Å²) in [6.45, 7) is 6.28. The minimum absolute atomic E-state index is 0.242. The number of amides is 3. The monoisotopic (exact) mass is 395 g/mol. The van der Waals surface area contributed by atoms with Crippen LogP contribution in [-0.4, -0.2) is 29.0 Å². The Labute approximate surface area is 166 Å². The molecule has 1 aliphatic heterocycles. The van der Waals surface area contributed by atoms with E-state index in [1.54, 1.807) is 30.4 Å². The van der Waals surface area contributed by atoms with Gasteiger partial charge in [-0.15, -0.1) is 11.3 Å². The van der Waals surface area contributed by atoms with E-state index in [2.05, 4.69) is 34.4 Å². The third-order valence-corrected chi connectivity index (χ3v) is 5.77. The molecule has 0 saturated heterocycles. The first-order valence-electron chi connectivity index (χ1n) is 9.11. The average Bonchev–Trinajstić information content (AvgIpc) is 3.02. The number of thiophene rings is 1. The lowest BCUT2D eigenvalue weighted by Gasteiger charge is -2.29. The zero-order valence-corrected chi connectivity index (χ0v) is 17.0. The van der Waals surface area contributed by atoms with Gasteiger partial charge in [-0.2, -0.15) is 0 Å². The van der Waals surface area contributed by atoms with Crippen LogP contribution in [0.4, 0.5) is 21.9 Å². The Balaban J connectivity index is 1.86. The van der Waals surface area contributed by atoms with Gasteiger partial charge in [-0.3, -0.25) is 14.7 Å². The highest BCUT2D eigenvalue weighted by Crippen LogP contribution is 2.46. The molecule has 3 amide bonds. The first-order valence-corrected chi connectivity index (χ1v) is 9.92. The van der Waals surface area contributed by atoms with Crippen molar-refractivity contribution in [3.05, 3.63) is 40.7 Å². The summed E-state index contributed by atoms with van der Waals surface area (Å²) in [5, 5.41) is 6.27. The molecule has 0 aliphatic carbocycles. The standard InChI is InChI=1S/C20H21N5O2S/c1-10(2)7-12-8-11(3)14(9-23-12)25-13-5-6-22-19-15(13)16(24-20(25)27)17(28-19)18(26)21-4/h5-6,8-10H,7H2,1-4H3,(H,21,26)(H,24,27). The molecule has 4 rings (SSSR count). The summed E-state index contributed by atoms with van der Waals surface area (Å²) in [7, 11) is 1.57. The second-order valence-corrected chi connectivity index (χ2v) is 8.22. The molecule has 0 unspecified atom stereocenters. The average molecular weight is 395 g/mol. The lowest BCUT2D eigenvalue weighted by molar-refractivity contribution is 0.0968. The van der Waals surface area contributed by atoms with Crippen molar-refractivity contribution < 1.29 is 9.59 Å². The van der Waals surface area contributed by atoms with Crippen molar-refractivity contribution in [1.82, 2.24) is 15.3 Å². The number of pyridine rings is 2. The molecule has 2 N–H and O–H groups in total. The number of nitrogens with zero attached hydrogens (tertiary/aromatic N) is 3. The van der Waals surface area contributed by atoms with E-state index in [0.717, 1.165) is 28.8 Å². The molecule has 28 heavy (non-hydrogen) atoms. The predicted molar refractivity (Wildman–Crippen MR) is 112 cm³/mol. The Morgan fingerprint density at radius 3 is 2.79 bits per heavy atom. The molecule has 3 aromatic rings. The van der Waals surface area contributed by atoms with Crippen LogP contribution in [0.5, 0.6) is 0 Å². The van der Waals surface area contributed by atoms with Crippen molar-refractivity contribution in [3.63, 3.8) is 0 Å². The largest absolute Gasteiger partial charge is 0.354 e. The third kappa shape index (κ3) is 2.90. The summed E-state index contributed by atoms with van der Waals surface area (Å²) in [4.78, 5) is 37.0. The number of anilines is 3. The maximum absolute atomic E-state index is 13.0. The van der Waals surface area contributed by atoms with Gasteiger partial charge in [0.05, 0.1) is 28.6 Å². The predicted octanol–water partition coefficient (Wildman–Crippen LogP) is 4.24. The van der Waals surface area contributed by atoms with Crippen molar-refractivity contribution in [3.8, 4) is 0 Å². The van der Waals surface area contributed by atoms with E-state index in [-0.39, 0.29) is 11.9 Å². The lowest BCUT2D eigenvalue weighted by Crippen LogP contribution is -2.35. The molecule has 1 aliphatic rings. The lowest BCUT2D eigenvalue weighted by atomic mass is 10.1. The third-order valence-electron chi connectivity index (χ3n) is 4.68. The first kappa shape index (κ1) is 18.4. The van der Waals surface area contributed by atoms with Gasteiger partial charge in [0.25, 0.3) is 5.91 Å². The number of hydrogen-bond acceptors (Lipinski definition) is 5. The van der Waals surface area contributed by atoms with Crippen LogP contribution < -0.4 is 15.5 Å². The quantitative estimate of drug-likeness (QED) is 0.692. The normalized spacial score (nSPS) is 13.2. The minimum Gasteiger partial charge on any atom is -0.354 e. The van der Waals surface area contributed by atoms with Gasteiger partial charge in [-0.25, -0.2) is 9.78 Å². The van der Waals surface area contributed by atoms with E-state index in [0.29, 0.717) is 27.0 Å². The van der Waals surface area contributed by atoms with E-state index in [4.69, 9.17) is 0 Å². The Bertz CT molecular complexity index is 1110. The van der Waals surface area contributed by atoms with E-state index >= 15 is 0 Å². The van der Waals surface area contributed by atoms with E-state index < -0.39 is 0 Å². The van der Waals surface area contributed by atoms with Gasteiger partial charge >= 0.3 is 6.03 Å². The molecule has 4 heterocycles. The summed E-state index contributed by atoms with van der Waals surface area (Å²) in [6.07, 6.45) is 4.29. The fourth-order valence-electron chi connectivity index (χ4n) is 3.47. The highest BCUT2D eigenvalue weighted by molar-refractivity contribution is 7.21. The van der Waals surface area contributed by atoms with Crippen LogP contribution in [0, 0.1) is 12.8 Å². The molecule has 0 spiro atoms. The van der Waals surface area contributed by atoms with Crippen molar-refractivity contribution in [2.45, 2.75) is 27.2 Å². The molecule has 0 bridgehead atoms. The maximum Gasteiger partial charge on any atom is 0.331 e. The highest BCUT2D eigenvalue weighted by atomic mass is 32.1. The van der Waals surface area contributed by atoms with Gasteiger partial charge in [0.15, 0.2) is 0 Å². The Morgan fingerprint density at radius 2 is 2.11 bits per heavy atom. The molecule has 144 valence electrons. The van der Waals surface area contributed by atoms with Crippen LogP contribution in [0.15, 0.2) is 24.5 Å². The number of carbonyl (C=O) groups excluding carboxylic acids is 2. The molecule has 7 nitrogen and oxygen atoms in total. The minimum atomic E-state index is -0.315. The number of nitrogens with one attached hydrogen (secondary N) is 2. The fraction of sp³-hybridized carbons (Fsp3) is 0.300. The van der Waals surface area contributed by atoms with Crippen LogP contribution in [-0.2, 0) is 6.42 Å². The van der Waals surface area contributed by atoms with E-state index in [1.165, 1.54) is 11.3 Å². The topological polar surface area (TPSA) is 87.2 Å². The van der Waals surface area contributed by atoms with Gasteiger partial charge in [0.2, 0.25) is 0 Å². The van der Waals surface area contributed by atoms with Gasteiger partial charge < -0.3 is 10.6 Å². The van der Waals surface area contributed by atoms with Crippen LogP contribution in [0.3, 0.4) is 0 Å². The van der Waals surface area contributed by atoms with Gasteiger partial charge in [0.1, 0.15) is 9.71 Å². The Morgan fingerprint density at radius 1 is 1.32 bits per heavy atom. The molecular formula is C20H21N5O2S. The van der Waals surface area contributed by atoms with Crippen molar-refractivity contribution in [2.75, 3.05) is 17.3 Å². The van der Waals surface area contributed by atoms with Crippen LogP contribution >= 0.6 is 11.3 Å². The molecule has 0 fully saturated rings. The molecule has 3 aromatic heterocycles. The highest BCUT2D eigenvalue weighted by Gasteiger charge is 2.33. The van der Waals surface area contributed by atoms with Crippen LogP contribution in [0.2, 0.25) is 0 Å². The van der Waals surface area contributed by atoms with E-state index in [1.807, 2.05) is 13.0 Å². The van der Waals surface area contributed by atoms with E-state index in [9.17, 15) is 9.59 Å². The zero-order valence-electron chi connectivity index (χ0n) is 16.2. The number of aryl methyl sites for hydroxylation is 1. The smallest absolute Gasteiger partial charge is 0.331 e. The van der Waals surface area contributed by atoms with Crippen LogP contribution in [0.1, 0.15) is 34.8 Å². The Kier molecular flexibility index (Phi) is 4.50. The second kappa shape index (κ2) is 6.87. The van der Waals surface area contributed by atoms with Gasteiger partial charge in [0, 0.05) is 18.9 Å². The summed E-state index contributed by atoms with van der Waals surface area (Å²) >= 11 is 1.27. The van der Waals surface area contributed by atoms with Gasteiger partial charge in [-0.05, 0) is 37.0 Å². The fourth-order valence-corrected chi connectivity index (χ4v) is 4.53. The molecule has 0 aromatic carbocycles. The summed E-state index contributed by atoms with van der Waals surface area (Å²) in [5.41, 5.74) is 3.92. The van der Waals surface area contributed by atoms with Crippen molar-refractivity contribution in [2.24, 2.45) is 5.92 Å². The second-order valence-electron chi connectivity index (χ2n) is 7.22. The zero-order chi connectivity index (χ0) is 20.0. The number of rotatable bonds is 4. The Hall–Kier alpha value is -3.00. The number of urea groups is 1. The SMILES string of the molecule is CNC(=O)c1sc2nccc3c2c1NC(=O)N3c1cnc(CC(C)C)cc1C. The van der Waals surface area contributed by atoms with Crippen molar-refractivity contribution >= 4 is 50.6 Å². The summed E-state index contributed by atoms with van der Waals surface area (Å²) in [5.74, 6) is 0.265. The molecule has 0 radical (unpaired) electrons. The van der Waals surface area contributed by atoms with Gasteiger partial charge in [-0.1, -0.05) is 13.8 Å². The molecule has 8 heteroatoms. The number of carbonyl (C=O) groups is 2. The van der Waals surface area contributed by atoms with Crippen molar-refractivity contribution in [1.29, 1.82) is 0 Å². The first-order chi connectivity index (χ1) is 13.4. The molecule has 0 atom stereocenters. The van der Waals surface area contributed by atoms with Crippen LogP contribution in [0.25, 0.3) is 10.2 Å². The maximum atomic E-state index is 13.0. The molecular weight excluding hydrogens is 374 g/mol. The molecule has 0 saturated carbocycles.